The summed E-state index contributed by atoms with van der Waals surface area (Å²) in [6.07, 6.45) is 0. The summed E-state index contributed by atoms with van der Waals surface area (Å²) in [7, 11) is 0. The van der Waals surface area contributed by atoms with Gasteiger partial charge in [-0.1, -0.05) is 0 Å². The first-order valence-electron chi connectivity index (χ1n) is 5.94. The fourth-order valence-corrected chi connectivity index (χ4v) is 2.58. The fourth-order valence-electron chi connectivity index (χ4n) is 1.91. The molecule has 0 bridgehead atoms. The summed E-state index contributed by atoms with van der Waals surface area (Å²) in [6.45, 7) is 1.20. The minimum Gasteiger partial charge on any atom is -0.486 e. The molecule has 5 heteroatoms. The van der Waals surface area contributed by atoms with E-state index in [0.29, 0.717) is 13.2 Å². The smallest absolute Gasteiger partial charge is 0.163 e. The van der Waals surface area contributed by atoms with E-state index in [-0.39, 0.29) is 0 Å². The van der Waals surface area contributed by atoms with E-state index in [4.69, 9.17) is 15.2 Å². The van der Waals surface area contributed by atoms with Gasteiger partial charge in [0.15, 0.2) is 11.5 Å². The molecular weight excluding hydrogens is 355 g/mol. The van der Waals surface area contributed by atoms with Crippen molar-refractivity contribution < 1.29 is 9.47 Å². The first kappa shape index (κ1) is 12.4. The van der Waals surface area contributed by atoms with Gasteiger partial charge in [0.25, 0.3) is 0 Å². The lowest BCUT2D eigenvalue weighted by molar-refractivity contribution is 0.171. The van der Waals surface area contributed by atoms with E-state index >= 15 is 0 Å². The number of anilines is 3. The highest BCUT2D eigenvalue weighted by atomic mass is 127. The van der Waals surface area contributed by atoms with Crippen molar-refractivity contribution in [2.45, 2.75) is 0 Å². The van der Waals surface area contributed by atoms with Crippen LogP contribution in [0.2, 0.25) is 0 Å². The van der Waals surface area contributed by atoms with Gasteiger partial charge in [0, 0.05) is 21.0 Å². The maximum Gasteiger partial charge on any atom is 0.163 e. The van der Waals surface area contributed by atoms with Crippen molar-refractivity contribution >= 4 is 39.7 Å². The molecule has 3 N–H and O–H groups in total. The molecule has 98 valence electrons. The lowest BCUT2D eigenvalue weighted by Crippen LogP contribution is -2.15. The molecular formula is C14H13IN2O2. The summed E-state index contributed by atoms with van der Waals surface area (Å²) in [5, 5.41) is 3.35. The molecule has 0 radical (unpaired) electrons. The third kappa shape index (κ3) is 2.70. The number of hydrogen-bond acceptors (Lipinski definition) is 4. The molecule has 2 aromatic rings. The van der Waals surface area contributed by atoms with E-state index in [2.05, 4.69) is 27.9 Å². The van der Waals surface area contributed by atoms with Crippen LogP contribution in [0.4, 0.5) is 17.1 Å². The number of benzene rings is 2. The highest BCUT2D eigenvalue weighted by Crippen LogP contribution is 2.34. The molecule has 1 heterocycles. The zero-order valence-corrected chi connectivity index (χ0v) is 12.3. The highest BCUT2D eigenvalue weighted by Gasteiger charge is 2.12. The fraction of sp³-hybridized carbons (Fsp3) is 0.143. The number of ether oxygens (including phenoxy) is 2. The third-order valence-electron chi connectivity index (χ3n) is 2.81. The van der Waals surface area contributed by atoms with E-state index in [9.17, 15) is 0 Å². The van der Waals surface area contributed by atoms with Crippen molar-refractivity contribution in [1.82, 2.24) is 0 Å². The van der Waals surface area contributed by atoms with Crippen LogP contribution < -0.4 is 20.5 Å². The van der Waals surface area contributed by atoms with Gasteiger partial charge in [0.1, 0.15) is 13.2 Å². The summed E-state index contributed by atoms with van der Waals surface area (Å²) in [4.78, 5) is 0. The summed E-state index contributed by atoms with van der Waals surface area (Å²) in [5.41, 5.74) is 8.49. The second-order valence-electron chi connectivity index (χ2n) is 4.22. The number of hydrogen-bond donors (Lipinski definition) is 2. The SMILES string of the molecule is Nc1ccc(Nc2ccc3c(c2)OCCO3)c(I)c1. The Labute approximate surface area is 125 Å². The maximum absolute atomic E-state index is 5.74. The Morgan fingerprint density at radius 2 is 1.79 bits per heavy atom. The largest absolute Gasteiger partial charge is 0.486 e. The van der Waals surface area contributed by atoms with Crippen molar-refractivity contribution in [3.63, 3.8) is 0 Å². The van der Waals surface area contributed by atoms with Gasteiger partial charge in [-0.15, -0.1) is 0 Å². The molecule has 0 aliphatic carbocycles. The molecule has 0 fully saturated rings. The van der Waals surface area contributed by atoms with Gasteiger partial charge in [0.2, 0.25) is 0 Å². The molecule has 3 rings (SSSR count). The van der Waals surface area contributed by atoms with Crippen molar-refractivity contribution in [3.8, 4) is 11.5 Å². The average molecular weight is 368 g/mol. The Balaban J connectivity index is 1.87. The maximum atomic E-state index is 5.74. The number of halogens is 1. The Kier molecular flexibility index (Phi) is 3.37. The van der Waals surface area contributed by atoms with Crippen molar-refractivity contribution in [2.24, 2.45) is 0 Å². The predicted octanol–water partition coefficient (Wildman–Crippen LogP) is 3.39. The molecule has 0 saturated heterocycles. The Morgan fingerprint density at radius 1 is 1.00 bits per heavy atom. The third-order valence-corrected chi connectivity index (χ3v) is 3.71. The normalized spacial score (nSPS) is 13.1. The second kappa shape index (κ2) is 5.16. The predicted molar refractivity (Wildman–Crippen MR) is 84.3 cm³/mol. The molecule has 1 aliphatic heterocycles. The Bertz CT molecular complexity index is 616. The van der Waals surface area contributed by atoms with E-state index in [1.165, 1.54) is 0 Å². The van der Waals surface area contributed by atoms with Crippen LogP contribution in [0.5, 0.6) is 11.5 Å². The van der Waals surface area contributed by atoms with Gasteiger partial charge in [-0.25, -0.2) is 0 Å². The number of nitrogen functional groups attached to an aromatic ring is 1. The van der Waals surface area contributed by atoms with Crippen molar-refractivity contribution in [3.05, 3.63) is 40.0 Å². The lowest BCUT2D eigenvalue weighted by Gasteiger charge is -2.19. The minimum atomic E-state index is 0.593. The van der Waals surface area contributed by atoms with Gasteiger partial charge >= 0.3 is 0 Å². The quantitative estimate of drug-likeness (QED) is 0.630. The zero-order valence-electron chi connectivity index (χ0n) is 10.2. The van der Waals surface area contributed by atoms with Crippen LogP contribution in [-0.2, 0) is 0 Å². The van der Waals surface area contributed by atoms with E-state index in [1.807, 2.05) is 36.4 Å². The molecule has 0 aromatic heterocycles. The van der Waals surface area contributed by atoms with Gasteiger partial charge in [-0.05, 0) is 52.9 Å². The number of rotatable bonds is 2. The van der Waals surface area contributed by atoms with E-state index in [1.54, 1.807) is 0 Å². The summed E-state index contributed by atoms with van der Waals surface area (Å²) in [6, 6.07) is 11.6. The molecule has 0 saturated carbocycles. The van der Waals surface area contributed by atoms with Crippen LogP contribution in [0.15, 0.2) is 36.4 Å². The number of nitrogens with two attached hydrogens (primary N) is 1. The zero-order chi connectivity index (χ0) is 13.2. The van der Waals surface area contributed by atoms with Gasteiger partial charge in [-0.3, -0.25) is 0 Å². The molecule has 1 aliphatic rings. The number of nitrogens with one attached hydrogen (secondary N) is 1. The van der Waals surface area contributed by atoms with Gasteiger partial charge in [-0.2, -0.15) is 0 Å². The summed E-state index contributed by atoms with van der Waals surface area (Å²) < 4.78 is 12.1. The summed E-state index contributed by atoms with van der Waals surface area (Å²) in [5.74, 6) is 1.57. The lowest BCUT2D eigenvalue weighted by atomic mass is 10.2. The van der Waals surface area contributed by atoms with Gasteiger partial charge in [0.05, 0.1) is 5.69 Å². The first-order chi connectivity index (χ1) is 9.22. The Hall–Kier alpha value is -1.63. The molecule has 0 unspecified atom stereocenters. The standard InChI is InChI=1S/C14H13IN2O2/c15-11-7-9(16)1-3-12(11)17-10-2-4-13-14(8-10)19-6-5-18-13/h1-4,7-8,17H,5-6,16H2. The first-order valence-corrected chi connectivity index (χ1v) is 7.02. The second-order valence-corrected chi connectivity index (χ2v) is 5.38. The van der Waals surface area contributed by atoms with E-state index < -0.39 is 0 Å². The molecule has 0 atom stereocenters. The van der Waals surface area contributed by atoms with Crippen LogP contribution in [0, 0.1) is 3.57 Å². The van der Waals surface area contributed by atoms with Gasteiger partial charge < -0.3 is 20.5 Å². The van der Waals surface area contributed by atoms with Crippen molar-refractivity contribution in [2.75, 3.05) is 24.3 Å². The van der Waals surface area contributed by atoms with Crippen LogP contribution in [0.25, 0.3) is 0 Å². The molecule has 19 heavy (non-hydrogen) atoms. The highest BCUT2D eigenvalue weighted by molar-refractivity contribution is 14.1. The molecule has 4 nitrogen and oxygen atoms in total. The average Bonchev–Trinajstić information content (AvgIpc) is 2.42. The van der Waals surface area contributed by atoms with Crippen LogP contribution >= 0.6 is 22.6 Å². The Morgan fingerprint density at radius 3 is 2.58 bits per heavy atom. The van der Waals surface area contributed by atoms with Crippen molar-refractivity contribution in [1.29, 1.82) is 0 Å². The summed E-state index contributed by atoms with van der Waals surface area (Å²) >= 11 is 2.26. The topological polar surface area (TPSA) is 56.5 Å². The molecule has 0 spiro atoms. The monoisotopic (exact) mass is 368 g/mol. The van der Waals surface area contributed by atoms with Crippen LogP contribution in [0.1, 0.15) is 0 Å². The van der Waals surface area contributed by atoms with E-state index in [0.717, 1.165) is 32.1 Å². The van der Waals surface area contributed by atoms with Crippen LogP contribution in [-0.4, -0.2) is 13.2 Å². The molecule has 2 aromatic carbocycles. The van der Waals surface area contributed by atoms with Crippen LogP contribution in [0.3, 0.4) is 0 Å². The molecule has 0 amide bonds. The number of fused-ring (bicyclic) bond motifs is 1. The minimum absolute atomic E-state index is 0.593.